The molecule has 0 rings (SSSR count). The van der Waals surface area contributed by atoms with Gasteiger partial charge in [-0.2, -0.15) is 0 Å². The summed E-state index contributed by atoms with van der Waals surface area (Å²) in [5, 5.41) is 9.61. The van der Waals surface area contributed by atoms with Gasteiger partial charge in [0.1, 0.15) is 0 Å². The van der Waals surface area contributed by atoms with E-state index in [0.29, 0.717) is 32.7 Å². The van der Waals surface area contributed by atoms with Crippen molar-refractivity contribution in [3.63, 3.8) is 0 Å². The van der Waals surface area contributed by atoms with Crippen LogP contribution in [0.3, 0.4) is 0 Å². The fraction of sp³-hybridized carbons (Fsp3) is 0.909. The molecule has 15 heavy (non-hydrogen) atoms. The van der Waals surface area contributed by atoms with Crippen LogP contribution in [0.2, 0.25) is 0 Å². The molecule has 1 amide bonds. The van der Waals surface area contributed by atoms with Gasteiger partial charge in [0, 0.05) is 19.7 Å². The fourth-order valence-electron chi connectivity index (χ4n) is 1.31. The lowest BCUT2D eigenvalue weighted by molar-refractivity contribution is -0.135. The first kappa shape index (κ1) is 14.4. The molecule has 0 aromatic carbocycles. The smallest absolute Gasteiger partial charge is 0.224 e. The Morgan fingerprint density at radius 1 is 1.40 bits per heavy atom. The number of hydrogen-bond donors (Lipinski definition) is 1. The maximum atomic E-state index is 11.7. The minimum absolute atomic E-state index is 0.0353. The topological polar surface area (TPSA) is 49.8 Å². The minimum atomic E-state index is -0.836. The second kappa shape index (κ2) is 6.80. The number of rotatable bonds is 7. The number of nitrogens with zero attached hydrogens (tertiary/aromatic N) is 1. The highest BCUT2D eigenvalue weighted by Gasteiger charge is 2.20. The van der Waals surface area contributed by atoms with Gasteiger partial charge in [-0.3, -0.25) is 4.79 Å². The number of carbonyl (C=O) groups excluding carboxylic acids is 1. The van der Waals surface area contributed by atoms with Crippen LogP contribution in [-0.2, 0) is 9.53 Å². The quantitative estimate of drug-likeness (QED) is 0.648. The zero-order valence-electron chi connectivity index (χ0n) is 10.2. The fourth-order valence-corrected chi connectivity index (χ4v) is 1.31. The van der Waals surface area contributed by atoms with Crippen LogP contribution in [0.25, 0.3) is 0 Å². The lowest BCUT2D eigenvalue weighted by Gasteiger charge is -2.28. The highest BCUT2D eigenvalue weighted by molar-refractivity contribution is 5.76. The van der Waals surface area contributed by atoms with Gasteiger partial charge >= 0.3 is 0 Å². The molecule has 4 nitrogen and oxygen atoms in total. The van der Waals surface area contributed by atoms with Crippen molar-refractivity contribution in [2.24, 2.45) is 0 Å². The Bertz CT molecular complexity index is 187. The molecule has 0 aromatic rings. The summed E-state index contributed by atoms with van der Waals surface area (Å²) in [7, 11) is 0. The van der Waals surface area contributed by atoms with Gasteiger partial charge in [-0.15, -0.1) is 0 Å². The Labute approximate surface area is 92.2 Å². The molecule has 0 spiro atoms. The van der Waals surface area contributed by atoms with E-state index in [4.69, 9.17) is 4.74 Å². The van der Waals surface area contributed by atoms with Crippen molar-refractivity contribution in [2.75, 3.05) is 26.3 Å². The van der Waals surface area contributed by atoms with Crippen LogP contribution >= 0.6 is 0 Å². The van der Waals surface area contributed by atoms with Crippen LogP contribution in [0.1, 0.15) is 34.1 Å². The third-order valence-corrected chi connectivity index (χ3v) is 1.98. The van der Waals surface area contributed by atoms with Crippen LogP contribution in [0.15, 0.2) is 0 Å². The Morgan fingerprint density at radius 3 is 2.40 bits per heavy atom. The molecule has 0 unspecified atom stereocenters. The molecule has 90 valence electrons. The lowest BCUT2D eigenvalue weighted by Crippen LogP contribution is -2.42. The van der Waals surface area contributed by atoms with Gasteiger partial charge in [-0.25, -0.2) is 0 Å². The Morgan fingerprint density at radius 2 is 2.00 bits per heavy atom. The van der Waals surface area contributed by atoms with Gasteiger partial charge in [0.15, 0.2) is 0 Å². The molecule has 0 saturated carbocycles. The van der Waals surface area contributed by atoms with E-state index >= 15 is 0 Å². The van der Waals surface area contributed by atoms with Crippen molar-refractivity contribution in [1.82, 2.24) is 4.90 Å². The van der Waals surface area contributed by atoms with Crippen LogP contribution in [0.4, 0.5) is 0 Å². The predicted molar refractivity (Wildman–Crippen MR) is 59.7 cm³/mol. The predicted octanol–water partition coefficient (Wildman–Crippen LogP) is 1.03. The van der Waals surface area contributed by atoms with E-state index in [2.05, 4.69) is 0 Å². The summed E-state index contributed by atoms with van der Waals surface area (Å²) < 4.78 is 5.12. The normalized spacial score (nSPS) is 11.5. The lowest BCUT2D eigenvalue weighted by atomic mass is 10.1. The summed E-state index contributed by atoms with van der Waals surface area (Å²) in [4.78, 5) is 13.3. The second-order valence-corrected chi connectivity index (χ2v) is 4.17. The summed E-state index contributed by atoms with van der Waals surface area (Å²) in [6, 6.07) is 0. The number of hydrogen-bond acceptors (Lipinski definition) is 3. The molecule has 0 aliphatic rings. The Hall–Kier alpha value is -0.610. The van der Waals surface area contributed by atoms with Gasteiger partial charge < -0.3 is 14.7 Å². The largest absolute Gasteiger partial charge is 0.389 e. The number of aliphatic hydroxyl groups is 1. The Balaban J connectivity index is 4.00. The van der Waals surface area contributed by atoms with E-state index in [9.17, 15) is 9.90 Å². The summed E-state index contributed by atoms with van der Waals surface area (Å²) in [5.41, 5.74) is -0.836. The van der Waals surface area contributed by atoms with E-state index in [1.807, 2.05) is 13.8 Å². The van der Waals surface area contributed by atoms with E-state index < -0.39 is 5.60 Å². The van der Waals surface area contributed by atoms with Gasteiger partial charge in [0.2, 0.25) is 5.91 Å². The number of amides is 1. The SMILES string of the molecule is CCOCCC(=O)N(CC)CC(C)(C)O. The molecule has 0 aromatic heterocycles. The van der Waals surface area contributed by atoms with Crippen LogP contribution in [0, 0.1) is 0 Å². The van der Waals surface area contributed by atoms with Crippen molar-refractivity contribution in [1.29, 1.82) is 0 Å². The molecule has 0 atom stereocenters. The third-order valence-electron chi connectivity index (χ3n) is 1.98. The van der Waals surface area contributed by atoms with Gasteiger partial charge in [-0.05, 0) is 27.7 Å². The highest BCUT2D eigenvalue weighted by atomic mass is 16.5. The van der Waals surface area contributed by atoms with Crippen LogP contribution in [0.5, 0.6) is 0 Å². The van der Waals surface area contributed by atoms with Crippen molar-refractivity contribution >= 4 is 5.91 Å². The zero-order valence-corrected chi connectivity index (χ0v) is 10.2. The van der Waals surface area contributed by atoms with E-state index in [1.54, 1.807) is 18.7 Å². The molecule has 4 heteroatoms. The summed E-state index contributed by atoms with van der Waals surface area (Å²) in [5.74, 6) is 0.0353. The van der Waals surface area contributed by atoms with E-state index in [1.165, 1.54) is 0 Å². The summed E-state index contributed by atoms with van der Waals surface area (Å²) in [6.45, 7) is 9.28. The molecule has 0 heterocycles. The van der Waals surface area contributed by atoms with Gasteiger partial charge in [0.25, 0.3) is 0 Å². The minimum Gasteiger partial charge on any atom is -0.389 e. The van der Waals surface area contributed by atoms with E-state index in [0.717, 1.165) is 0 Å². The molecule has 0 fully saturated rings. The average molecular weight is 217 g/mol. The first-order chi connectivity index (χ1) is 6.90. The molecule has 0 bridgehead atoms. The first-order valence-corrected chi connectivity index (χ1v) is 5.48. The molecule has 0 aliphatic heterocycles. The maximum Gasteiger partial charge on any atom is 0.224 e. The van der Waals surface area contributed by atoms with E-state index in [-0.39, 0.29) is 5.91 Å². The Kier molecular flexibility index (Phi) is 6.52. The number of carbonyl (C=O) groups is 1. The van der Waals surface area contributed by atoms with Crippen molar-refractivity contribution in [3.05, 3.63) is 0 Å². The number of likely N-dealkylation sites (N-methyl/N-ethyl adjacent to an activating group) is 1. The third kappa shape index (κ3) is 7.33. The van der Waals surface area contributed by atoms with Crippen molar-refractivity contribution in [3.8, 4) is 0 Å². The zero-order chi connectivity index (χ0) is 11.9. The van der Waals surface area contributed by atoms with Gasteiger partial charge in [-0.1, -0.05) is 0 Å². The molecule has 1 N–H and O–H groups in total. The summed E-state index contributed by atoms with van der Waals surface area (Å²) in [6.07, 6.45) is 0.387. The first-order valence-electron chi connectivity index (χ1n) is 5.48. The molecular formula is C11H23NO3. The van der Waals surface area contributed by atoms with Gasteiger partial charge in [0.05, 0.1) is 18.6 Å². The molecule has 0 saturated heterocycles. The van der Waals surface area contributed by atoms with Crippen LogP contribution in [-0.4, -0.2) is 47.8 Å². The molecular weight excluding hydrogens is 194 g/mol. The standard InChI is InChI=1S/C11H23NO3/c1-5-12(9-11(3,4)14)10(13)7-8-15-6-2/h14H,5-9H2,1-4H3. The highest BCUT2D eigenvalue weighted by Crippen LogP contribution is 2.06. The second-order valence-electron chi connectivity index (χ2n) is 4.17. The maximum absolute atomic E-state index is 11.7. The summed E-state index contributed by atoms with van der Waals surface area (Å²) >= 11 is 0. The molecule has 0 aliphatic carbocycles. The van der Waals surface area contributed by atoms with Crippen LogP contribution < -0.4 is 0 Å². The average Bonchev–Trinajstić information content (AvgIpc) is 2.13. The number of ether oxygens (including phenoxy) is 1. The molecule has 0 radical (unpaired) electrons. The van der Waals surface area contributed by atoms with Crippen molar-refractivity contribution < 1.29 is 14.6 Å². The van der Waals surface area contributed by atoms with Crippen molar-refractivity contribution in [2.45, 2.75) is 39.7 Å². The monoisotopic (exact) mass is 217 g/mol.